The average Bonchev–Trinajstić information content (AvgIpc) is 3.00. The van der Waals surface area contributed by atoms with Crippen LogP contribution in [0.5, 0.6) is 17.2 Å². The summed E-state index contributed by atoms with van der Waals surface area (Å²) in [6.07, 6.45) is 0.779. The summed E-state index contributed by atoms with van der Waals surface area (Å²) in [7, 11) is 3.15. The van der Waals surface area contributed by atoms with Crippen molar-refractivity contribution < 1.29 is 32.9 Å². The molecule has 218 valence electrons. The highest BCUT2D eigenvalue weighted by atomic mass is 79.9. The topological polar surface area (TPSA) is 83.1 Å². The summed E-state index contributed by atoms with van der Waals surface area (Å²) < 4.78 is 36.6. The predicted octanol–water partition coefficient (Wildman–Crippen LogP) is 6.59. The van der Waals surface area contributed by atoms with Crippen LogP contribution in [0, 0.1) is 5.82 Å². The molecular formula is C33H31BrFNO6. The number of rotatable bonds is 9. The first-order valence-electron chi connectivity index (χ1n) is 13.6. The second kappa shape index (κ2) is 12.8. The number of para-hydroxylation sites is 1. The highest BCUT2D eigenvalue weighted by molar-refractivity contribution is 9.10. The van der Waals surface area contributed by atoms with Gasteiger partial charge < -0.3 is 24.3 Å². The molecule has 0 amide bonds. The first kappa shape index (κ1) is 29.4. The van der Waals surface area contributed by atoms with Gasteiger partial charge >= 0.3 is 5.97 Å². The Morgan fingerprint density at radius 2 is 1.69 bits per heavy atom. The van der Waals surface area contributed by atoms with E-state index in [1.807, 2.05) is 48.5 Å². The zero-order valence-electron chi connectivity index (χ0n) is 23.5. The predicted molar refractivity (Wildman–Crippen MR) is 159 cm³/mol. The molecule has 1 aliphatic heterocycles. The molecule has 7 nitrogen and oxygen atoms in total. The fraction of sp³-hybridized carbons (Fsp3) is 0.273. The third-order valence-corrected chi connectivity index (χ3v) is 8.14. The summed E-state index contributed by atoms with van der Waals surface area (Å²) in [6.45, 7) is 1.98. The fourth-order valence-electron chi connectivity index (χ4n) is 5.57. The lowest BCUT2D eigenvalue weighted by Gasteiger charge is -2.37. The standard InChI is InChI=1S/C33H31BrFNO6/c1-19-30(33(38)42-14-13-41-23-7-5-4-6-8-23)31(21-9-11-25(35)24(34)15-21)32-26(36-19)16-22(17-27(32)37)20-10-12-28(39-2)29(18-20)40-3/h4-12,15,18,22,31,36H,13-14,16-17H2,1-3H3. The van der Waals surface area contributed by atoms with Gasteiger partial charge in [-0.2, -0.15) is 0 Å². The fourth-order valence-corrected chi connectivity index (χ4v) is 5.96. The number of hydrogen-bond donors (Lipinski definition) is 1. The molecule has 5 rings (SSSR count). The molecule has 0 spiro atoms. The van der Waals surface area contributed by atoms with Gasteiger partial charge in [0.2, 0.25) is 0 Å². The van der Waals surface area contributed by atoms with Gasteiger partial charge in [-0.05, 0) is 82.7 Å². The lowest BCUT2D eigenvalue weighted by atomic mass is 9.71. The van der Waals surface area contributed by atoms with E-state index in [4.69, 9.17) is 18.9 Å². The van der Waals surface area contributed by atoms with Crippen LogP contribution in [-0.4, -0.2) is 39.2 Å². The molecule has 2 unspecified atom stereocenters. The van der Waals surface area contributed by atoms with Crippen molar-refractivity contribution in [1.29, 1.82) is 0 Å². The van der Waals surface area contributed by atoms with Crippen LogP contribution in [0.4, 0.5) is 4.39 Å². The van der Waals surface area contributed by atoms with Gasteiger partial charge in [-0.3, -0.25) is 4.79 Å². The van der Waals surface area contributed by atoms with Gasteiger partial charge in [0.25, 0.3) is 0 Å². The number of esters is 1. The molecule has 9 heteroatoms. The van der Waals surface area contributed by atoms with E-state index in [-0.39, 0.29) is 35.8 Å². The summed E-state index contributed by atoms with van der Waals surface area (Å²) in [6, 6.07) is 19.4. The smallest absolute Gasteiger partial charge is 0.336 e. The molecule has 0 aromatic heterocycles. The Labute approximate surface area is 252 Å². The molecule has 0 bridgehead atoms. The maximum atomic E-state index is 14.2. The molecule has 0 saturated carbocycles. The third kappa shape index (κ3) is 6.06. The van der Waals surface area contributed by atoms with Gasteiger partial charge in [-0.1, -0.05) is 30.3 Å². The van der Waals surface area contributed by atoms with Crippen molar-refractivity contribution in [3.05, 3.63) is 111 Å². The largest absolute Gasteiger partial charge is 0.493 e. The second-order valence-electron chi connectivity index (χ2n) is 10.1. The molecule has 2 atom stereocenters. The molecule has 0 radical (unpaired) electrons. The summed E-state index contributed by atoms with van der Waals surface area (Å²) in [4.78, 5) is 27.4. The number of carbonyl (C=O) groups is 2. The van der Waals surface area contributed by atoms with Gasteiger partial charge in [0.1, 0.15) is 24.8 Å². The minimum absolute atomic E-state index is 0.0194. The maximum Gasteiger partial charge on any atom is 0.336 e. The van der Waals surface area contributed by atoms with Crippen LogP contribution in [0.1, 0.15) is 42.7 Å². The Bertz CT molecular complexity index is 1570. The van der Waals surface area contributed by atoms with Crippen LogP contribution in [0.2, 0.25) is 0 Å². The highest BCUT2D eigenvalue weighted by Gasteiger charge is 2.41. The van der Waals surface area contributed by atoms with Crippen molar-refractivity contribution in [2.75, 3.05) is 27.4 Å². The van der Waals surface area contributed by atoms with E-state index in [0.717, 1.165) is 11.3 Å². The van der Waals surface area contributed by atoms with Crippen LogP contribution in [-0.2, 0) is 14.3 Å². The molecule has 1 heterocycles. The van der Waals surface area contributed by atoms with Gasteiger partial charge in [-0.15, -0.1) is 0 Å². The normalized spacial score (nSPS) is 18.3. The van der Waals surface area contributed by atoms with Gasteiger partial charge in [0.15, 0.2) is 17.3 Å². The number of nitrogens with one attached hydrogen (secondary N) is 1. The van der Waals surface area contributed by atoms with Crippen molar-refractivity contribution in [3.63, 3.8) is 0 Å². The molecule has 0 saturated heterocycles. The first-order chi connectivity index (χ1) is 20.3. The number of allylic oxidation sites excluding steroid dienone is 3. The van der Waals surface area contributed by atoms with E-state index in [1.54, 1.807) is 33.3 Å². The Morgan fingerprint density at radius 3 is 2.40 bits per heavy atom. The SMILES string of the molecule is COc1ccc(C2CC(=O)C3=C(C2)NC(C)=C(C(=O)OCCOc2ccccc2)C3c2ccc(F)c(Br)c2)cc1OC. The lowest BCUT2D eigenvalue weighted by Crippen LogP contribution is -2.36. The Morgan fingerprint density at radius 1 is 0.952 bits per heavy atom. The quantitative estimate of drug-likeness (QED) is 0.210. The molecule has 42 heavy (non-hydrogen) atoms. The van der Waals surface area contributed by atoms with Gasteiger partial charge in [0.05, 0.1) is 24.3 Å². The highest BCUT2D eigenvalue weighted by Crippen LogP contribution is 2.47. The third-order valence-electron chi connectivity index (χ3n) is 7.53. The maximum absolute atomic E-state index is 14.2. The average molecular weight is 637 g/mol. The van der Waals surface area contributed by atoms with E-state index in [0.29, 0.717) is 46.1 Å². The Kier molecular flexibility index (Phi) is 8.97. The van der Waals surface area contributed by atoms with E-state index >= 15 is 0 Å². The number of methoxy groups -OCH3 is 2. The number of dihydropyridines is 1. The zero-order valence-corrected chi connectivity index (χ0v) is 25.1. The summed E-state index contributed by atoms with van der Waals surface area (Å²) in [5.41, 5.74) is 3.67. The first-order valence-corrected chi connectivity index (χ1v) is 14.4. The van der Waals surface area contributed by atoms with Crippen LogP contribution >= 0.6 is 15.9 Å². The van der Waals surface area contributed by atoms with E-state index in [1.165, 1.54) is 6.07 Å². The minimum atomic E-state index is -0.723. The molecule has 3 aromatic rings. The van der Waals surface area contributed by atoms with Crippen molar-refractivity contribution in [2.24, 2.45) is 0 Å². The van der Waals surface area contributed by atoms with Crippen LogP contribution in [0.3, 0.4) is 0 Å². The molecule has 1 aliphatic carbocycles. The number of ketones is 1. The summed E-state index contributed by atoms with van der Waals surface area (Å²) in [5, 5.41) is 3.34. The number of carbonyl (C=O) groups excluding carboxylic acids is 2. The zero-order chi connectivity index (χ0) is 29.8. The van der Waals surface area contributed by atoms with Crippen molar-refractivity contribution in [2.45, 2.75) is 31.6 Å². The number of hydrogen-bond acceptors (Lipinski definition) is 7. The second-order valence-corrected chi connectivity index (χ2v) is 11.0. The van der Waals surface area contributed by atoms with Crippen molar-refractivity contribution in [1.82, 2.24) is 5.32 Å². The number of benzene rings is 3. The van der Waals surface area contributed by atoms with E-state index in [9.17, 15) is 14.0 Å². The van der Waals surface area contributed by atoms with Crippen LogP contribution in [0.25, 0.3) is 0 Å². The Balaban J connectivity index is 1.44. The van der Waals surface area contributed by atoms with Crippen LogP contribution < -0.4 is 19.5 Å². The minimum Gasteiger partial charge on any atom is -0.493 e. The molecule has 1 N–H and O–H groups in total. The monoisotopic (exact) mass is 635 g/mol. The molecule has 0 fully saturated rings. The number of halogens is 2. The molecule has 2 aliphatic rings. The molecule has 3 aromatic carbocycles. The van der Waals surface area contributed by atoms with Crippen LogP contribution in [0.15, 0.2) is 93.7 Å². The van der Waals surface area contributed by atoms with Crippen molar-refractivity contribution >= 4 is 27.7 Å². The summed E-state index contributed by atoms with van der Waals surface area (Å²) in [5.74, 6) is -0.0672. The lowest BCUT2D eigenvalue weighted by molar-refractivity contribution is -0.140. The number of Topliss-reactive ketones (excluding diaryl/α,β-unsaturated/α-hetero) is 1. The Hall–Kier alpha value is -4.11. The summed E-state index contributed by atoms with van der Waals surface area (Å²) >= 11 is 3.26. The van der Waals surface area contributed by atoms with Crippen molar-refractivity contribution in [3.8, 4) is 17.2 Å². The van der Waals surface area contributed by atoms with Gasteiger partial charge in [0, 0.05) is 29.3 Å². The van der Waals surface area contributed by atoms with Gasteiger partial charge in [-0.25, -0.2) is 9.18 Å². The molecular weight excluding hydrogens is 605 g/mol. The van der Waals surface area contributed by atoms with E-state index < -0.39 is 17.7 Å². The number of ether oxygens (including phenoxy) is 4. The van der Waals surface area contributed by atoms with E-state index in [2.05, 4.69) is 21.2 Å².